The lowest BCUT2D eigenvalue weighted by atomic mass is 10.1. The number of aliphatic hydroxyl groups is 2. The summed E-state index contributed by atoms with van der Waals surface area (Å²) in [6.45, 7) is 8.03. The van der Waals surface area contributed by atoms with Gasteiger partial charge in [0, 0.05) is 19.6 Å². The Morgan fingerprint density at radius 3 is 2.43 bits per heavy atom. The Labute approximate surface area is 127 Å². The van der Waals surface area contributed by atoms with Crippen molar-refractivity contribution in [3.8, 4) is 0 Å². The zero-order valence-electron chi connectivity index (χ0n) is 13.4. The molecule has 1 heterocycles. The number of cyclic esters (lactones) is 1. The molecule has 0 aromatic carbocycles. The second-order valence-electron chi connectivity index (χ2n) is 6.16. The normalized spacial score (nSPS) is 25.7. The Hall–Kier alpha value is -0.690. The minimum absolute atomic E-state index is 0.0404. The van der Waals surface area contributed by atoms with E-state index in [0.717, 1.165) is 25.8 Å². The van der Waals surface area contributed by atoms with E-state index >= 15 is 0 Å². The fraction of sp³-hybridized carbons (Fsp3) is 0.933. The van der Waals surface area contributed by atoms with Gasteiger partial charge in [-0.3, -0.25) is 9.69 Å². The summed E-state index contributed by atoms with van der Waals surface area (Å²) >= 11 is 0. The molecule has 6 nitrogen and oxygen atoms in total. The van der Waals surface area contributed by atoms with Gasteiger partial charge in [-0.05, 0) is 40.2 Å². The Balaban J connectivity index is 2.22. The highest BCUT2D eigenvalue weighted by molar-refractivity contribution is 5.76. The molecule has 0 radical (unpaired) electrons. The fourth-order valence-corrected chi connectivity index (χ4v) is 2.62. The molecule has 4 atom stereocenters. The number of hydrogen-bond acceptors (Lipinski definition) is 6. The molecule has 0 bridgehead atoms. The van der Waals surface area contributed by atoms with Gasteiger partial charge in [0.1, 0.15) is 12.1 Å². The smallest absolute Gasteiger partial charge is 0.323 e. The van der Waals surface area contributed by atoms with Gasteiger partial charge in [0.05, 0.1) is 12.2 Å². The average molecular weight is 302 g/mol. The van der Waals surface area contributed by atoms with Crippen LogP contribution < -0.4 is 5.32 Å². The Morgan fingerprint density at radius 1 is 1.29 bits per heavy atom. The number of carbonyl (C=O) groups excluding carboxylic acids is 1. The molecular formula is C15H30N2O4. The maximum atomic E-state index is 11.7. The molecule has 21 heavy (non-hydrogen) atoms. The predicted molar refractivity (Wildman–Crippen MR) is 81.0 cm³/mol. The first-order chi connectivity index (χ1) is 9.88. The van der Waals surface area contributed by atoms with Gasteiger partial charge in [-0.15, -0.1) is 0 Å². The van der Waals surface area contributed by atoms with Gasteiger partial charge in [-0.25, -0.2) is 0 Å². The van der Waals surface area contributed by atoms with Crippen molar-refractivity contribution >= 4 is 5.97 Å². The van der Waals surface area contributed by atoms with Gasteiger partial charge in [-0.1, -0.05) is 6.42 Å². The molecule has 124 valence electrons. The molecule has 1 fully saturated rings. The van der Waals surface area contributed by atoms with Gasteiger partial charge < -0.3 is 20.3 Å². The molecule has 3 N–H and O–H groups in total. The zero-order valence-corrected chi connectivity index (χ0v) is 13.4. The quantitative estimate of drug-likeness (QED) is 0.415. The van der Waals surface area contributed by atoms with Gasteiger partial charge in [0.25, 0.3) is 0 Å². The van der Waals surface area contributed by atoms with Crippen LogP contribution >= 0.6 is 0 Å². The fourth-order valence-electron chi connectivity index (χ4n) is 2.62. The van der Waals surface area contributed by atoms with E-state index in [-0.39, 0.29) is 18.1 Å². The number of nitrogens with zero attached hydrogens (tertiary/aromatic N) is 1. The van der Waals surface area contributed by atoms with E-state index in [1.807, 2.05) is 6.92 Å². The Kier molecular flexibility index (Phi) is 8.18. The van der Waals surface area contributed by atoms with Crippen LogP contribution in [0.3, 0.4) is 0 Å². The SMILES string of the molecule is CC(O)CN(CCCCC1NCC(C)OC1=O)CC(C)O. The van der Waals surface area contributed by atoms with Crippen LogP contribution in [0.1, 0.15) is 40.0 Å². The standard InChI is InChI=1S/C15H30N2O4/c1-11(18)9-17(10-12(2)19)7-5-4-6-14-15(20)21-13(3)8-16-14/h11-14,16,18-19H,4-10H2,1-3H3. The van der Waals surface area contributed by atoms with E-state index in [1.54, 1.807) is 13.8 Å². The van der Waals surface area contributed by atoms with Gasteiger partial charge in [-0.2, -0.15) is 0 Å². The van der Waals surface area contributed by atoms with Crippen LogP contribution in [0.5, 0.6) is 0 Å². The first kappa shape index (κ1) is 18.4. The van der Waals surface area contributed by atoms with E-state index in [9.17, 15) is 15.0 Å². The van der Waals surface area contributed by atoms with Crippen molar-refractivity contribution in [2.75, 3.05) is 26.2 Å². The largest absolute Gasteiger partial charge is 0.460 e. The van der Waals surface area contributed by atoms with Crippen LogP contribution in [-0.4, -0.2) is 71.6 Å². The maximum Gasteiger partial charge on any atom is 0.323 e. The van der Waals surface area contributed by atoms with Crippen LogP contribution in [-0.2, 0) is 9.53 Å². The summed E-state index contributed by atoms with van der Waals surface area (Å²) in [5, 5.41) is 22.1. The molecule has 1 saturated heterocycles. The summed E-state index contributed by atoms with van der Waals surface area (Å²) in [6, 6.07) is -0.191. The highest BCUT2D eigenvalue weighted by atomic mass is 16.5. The molecule has 0 aromatic heterocycles. The Morgan fingerprint density at radius 2 is 1.90 bits per heavy atom. The molecule has 0 spiro atoms. The molecule has 1 rings (SSSR count). The summed E-state index contributed by atoms with van der Waals surface area (Å²) in [7, 11) is 0. The number of hydrogen-bond donors (Lipinski definition) is 3. The summed E-state index contributed by atoms with van der Waals surface area (Å²) < 4.78 is 5.20. The van der Waals surface area contributed by atoms with Crippen LogP contribution in [0.15, 0.2) is 0 Å². The van der Waals surface area contributed by atoms with E-state index in [0.29, 0.717) is 19.6 Å². The van der Waals surface area contributed by atoms with Gasteiger partial charge in [0.2, 0.25) is 0 Å². The number of nitrogens with one attached hydrogen (secondary N) is 1. The van der Waals surface area contributed by atoms with Crippen molar-refractivity contribution in [3.63, 3.8) is 0 Å². The molecule has 4 unspecified atom stereocenters. The van der Waals surface area contributed by atoms with E-state index in [1.165, 1.54) is 0 Å². The molecule has 0 saturated carbocycles. The monoisotopic (exact) mass is 302 g/mol. The van der Waals surface area contributed by atoms with Gasteiger partial charge in [0.15, 0.2) is 0 Å². The van der Waals surface area contributed by atoms with E-state index < -0.39 is 12.2 Å². The Bertz CT molecular complexity index is 300. The van der Waals surface area contributed by atoms with Crippen LogP contribution in [0.4, 0.5) is 0 Å². The van der Waals surface area contributed by atoms with Crippen molar-refractivity contribution in [1.29, 1.82) is 0 Å². The zero-order chi connectivity index (χ0) is 15.8. The third-order valence-electron chi connectivity index (χ3n) is 3.52. The second kappa shape index (κ2) is 9.35. The van der Waals surface area contributed by atoms with Crippen molar-refractivity contribution in [1.82, 2.24) is 10.2 Å². The van der Waals surface area contributed by atoms with Gasteiger partial charge >= 0.3 is 5.97 Å². The first-order valence-electron chi connectivity index (χ1n) is 7.90. The molecule has 0 amide bonds. The van der Waals surface area contributed by atoms with Crippen LogP contribution in [0.25, 0.3) is 0 Å². The van der Waals surface area contributed by atoms with E-state index in [2.05, 4.69) is 10.2 Å². The number of esters is 1. The minimum Gasteiger partial charge on any atom is -0.460 e. The van der Waals surface area contributed by atoms with Crippen LogP contribution in [0.2, 0.25) is 0 Å². The third-order valence-corrected chi connectivity index (χ3v) is 3.52. The van der Waals surface area contributed by atoms with Crippen molar-refractivity contribution in [2.24, 2.45) is 0 Å². The molecular weight excluding hydrogens is 272 g/mol. The summed E-state index contributed by atoms with van der Waals surface area (Å²) in [6.07, 6.45) is 1.77. The van der Waals surface area contributed by atoms with Crippen molar-refractivity contribution in [3.05, 3.63) is 0 Å². The predicted octanol–water partition coefficient (Wildman–Crippen LogP) is 0.124. The lowest BCUT2D eigenvalue weighted by Crippen LogP contribution is -2.48. The molecule has 1 aliphatic heterocycles. The summed E-state index contributed by atoms with van der Waals surface area (Å²) in [5.74, 6) is -0.154. The highest BCUT2D eigenvalue weighted by Gasteiger charge is 2.26. The average Bonchev–Trinajstić information content (AvgIpc) is 2.35. The first-order valence-corrected chi connectivity index (χ1v) is 7.90. The number of unbranched alkanes of at least 4 members (excludes halogenated alkanes) is 1. The molecule has 0 aliphatic carbocycles. The number of rotatable bonds is 9. The molecule has 0 aromatic rings. The van der Waals surface area contributed by atoms with E-state index in [4.69, 9.17) is 4.74 Å². The number of ether oxygens (including phenoxy) is 1. The summed E-state index contributed by atoms with van der Waals surface area (Å²) in [4.78, 5) is 13.7. The third kappa shape index (κ3) is 7.76. The number of aliphatic hydroxyl groups excluding tert-OH is 2. The lowest BCUT2D eigenvalue weighted by Gasteiger charge is -2.28. The summed E-state index contributed by atoms with van der Waals surface area (Å²) in [5.41, 5.74) is 0. The number of carbonyl (C=O) groups is 1. The minimum atomic E-state index is -0.403. The second-order valence-corrected chi connectivity index (χ2v) is 6.16. The maximum absolute atomic E-state index is 11.7. The molecule has 1 aliphatic rings. The highest BCUT2D eigenvalue weighted by Crippen LogP contribution is 2.10. The number of morpholine rings is 1. The van der Waals surface area contributed by atoms with Crippen molar-refractivity contribution < 1.29 is 19.7 Å². The van der Waals surface area contributed by atoms with Crippen LogP contribution in [0, 0.1) is 0 Å². The lowest BCUT2D eigenvalue weighted by molar-refractivity contribution is -0.155. The topological polar surface area (TPSA) is 82.0 Å². The molecule has 6 heteroatoms. The van der Waals surface area contributed by atoms with Crippen molar-refractivity contribution in [2.45, 2.75) is 64.4 Å².